The molecule has 0 atom stereocenters. The molecule has 0 radical (unpaired) electrons. The zero-order chi connectivity index (χ0) is 18.9. The van der Waals surface area contributed by atoms with Crippen LogP contribution in [0.3, 0.4) is 0 Å². The van der Waals surface area contributed by atoms with Crippen LogP contribution in [0.25, 0.3) is 22.8 Å². The molecular formula is C23H27N3. The molecule has 3 aromatic rings. The molecule has 0 N–H and O–H groups in total. The van der Waals surface area contributed by atoms with Crippen LogP contribution in [0.15, 0.2) is 54.9 Å². The van der Waals surface area contributed by atoms with Gasteiger partial charge in [0, 0.05) is 12.4 Å². The highest BCUT2D eigenvalue weighted by Gasteiger charge is 2.17. The summed E-state index contributed by atoms with van der Waals surface area (Å²) in [6.45, 7) is 13.2. The Morgan fingerprint density at radius 3 is 1.38 bits per heavy atom. The summed E-state index contributed by atoms with van der Waals surface area (Å²) >= 11 is 0. The zero-order valence-electron chi connectivity index (χ0n) is 16.5. The van der Waals surface area contributed by atoms with Crippen molar-refractivity contribution in [3.63, 3.8) is 0 Å². The number of hydrogen-bond acceptors (Lipinski definition) is 3. The van der Waals surface area contributed by atoms with Crippen molar-refractivity contribution in [2.24, 2.45) is 0 Å². The molecule has 0 aliphatic rings. The van der Waals surface area contributed by atoms with E-state index in [0.717, 1.165) is 22.8 Å². The molecule has 0 bridgehead atoms. The molecule has 0 amide bonds. The van der Waals surface area contributed by atoms with Crippen LogP contribution < -0.4 is 0 Å². The monoisotopic (exact) mass is 345 g/mol. The smallest absolute Gasteiger partial charge is 0.0894 e. The van der Waals surface area contributed by atoms with Gasteiger partial charge in [-0.3, -0.25) is 9.97 Å². The second kappa shape index (κ2) is 6.64. The van der Waals surface area contributed by atoms with Crippen LogP contribution in [0.4, 0.5) is 0 Å². The van der Waals surface area contributed by atoms with Gasteiger partial charge in [-0.2, -0.15) is 0 Å². The van der Waals surface area contributed by atoms with Crippen LogP contribution in [0, 0.1) is 0 Å². The molecule has 0 unspecified atom stereocenters. The Kier molecular flexibility index (Phi) is 4.66. The summed E-state index contributed by atoms with van der Waals surface area (Å²) in [6.07, 6.45) is 3.73. The maximum atomic E-state index is 4.83. The summed E-state index contributed by atoms with van der Waals surface area (Å²) in [5, 5.41) is 0. The second-order valence-corrected chi connectivity index (χ2v) is 8.77. The molecule has 0 fully saturated rings. The van der Waals surface area contributed by atoms with E-state index < -0.39 is 0 Å². The van der Waals surface area contributed by atoms with Crippen molar-refractivity contribution in [2.45, 2.75) is 52.4 Å². The molecule has 0 aliphatic heterocycles. The van der Waals surface area contributed by atoms with Gasteiger partial charge in [0.25, 0.3) is 0 Å². The van der Waals surface area contributed by atoms with Gasteiger partial charge in [0.1, 0.15) is 0 Å². The molecule has 0 spiro atoms. The molecule has 0 aliphatic carbocycles. The minimum absolute atomic E-state index is 0.0812. The summed E-state index contributed by atoms with van der Waals surface area (Å²) in [4.78, 5) is 13.9. The lowest BCUT2D eigenvalue weighted by Gasteiger charge is -2.19. The number of pyridine rings is 3. The molecule has 0 aromatic carbocycles. The van der Waals surface area contributed by atoms with Gasteiger partial charge < -0.3 is 0 Å². The van der Waals surface area contributed by atoms with Gasteiger partial charge in [0.2, 0.25) is 0 Å². The van der Waals surface area contributed by atoms with E-state index in [-0.39, 0.29) is 10.8 Å². The first-order valence-electron chi connectivity index (χ1n) is 9.05. The van der Waals surface area contributed by atoms with Gasteiger partial charge in [0.15, 0.2) is 0 Å². The van der Waals surface area contributed by atoms with E-state index in [2.05, 4.69) is 75.8 Å². The van der Waals surface area contributed by atoms with E-state index in [0.29, 0.717) is 0 Å². The normalized spacial score (nSPS) is 12.2. The van der Waals surface area contributed by atoms with E-state index in [1.165, 1.54) is 11.1 Å². The molecule has 134 valence electrons. The van der Waals surface area contributed by atoms with E-state index in [1.807, 2.05) is 30.6 Å². The fourth-order valence-corrected chi connectivity index (χ4v) is 2.79. The largest absolute Gasteiger partial charge is 0.255 e. The molecule has 26 heavy (non-hydrogen) atoms. The van der Waals surface area contributed by atoms with Crippen molar-refractivity contribution >= 4 is 0 Å². The number of rotatable bonds is 2. The molecular weight excluding hydrogens is 318 g/mol. The summed E-state index contributed by atoms with van der Waals surface area (Å²) < 4.78 is 0. The average Bonchev–Trinajstić information content (AvgIpc) is 2.61. The van der Waals surface area contributed by atoms with Crippen molar-refractivity contribution < 1.29 is 0 Å². The van der Waals surface area contributed by atoms with Gasteiger partial charge in [-0.25, -0.2) is 4.98 Å². The maximum Gasteiger partial charge on any atom is 0.0894 e. The van der Waals surface area contributed by atoms with Crippen molar-refractivity contribution in [1.82, 2.24) is 15.0 Å². The summed E-state index contributed by atoms with van der Waals surface area (Å²) in [7, 11) is 0. The third-order valence-electron chi connectivity index (χ3n) is 4.53. The van der Waals surface area contributed by atoms with E-state index in [9.17, 15) is 0 Å². The third kappa shape index (κ3) is 3.98. The lowest BCUT2D eigenvalue weighted by molar-refractivity contribution is 0.589. The first-order chi connectivity index (χ1) is 12.1. The Morgan fingerprint density at radius 2 is 1.00 bits per heavy atom. The summed E-state index contributed by atoms with van der Waals surface area (Å²) in [6, 6.07) is 14.4. The number of hydrogen-bond donors (Lipinski definition) is 0. The molecule has 3 rings (SSSR count). The minimum atomic E-state index is 0.0812. The van der Waals surface area contributed by atoms with Crippen molar-refractivity contribution in [3.8, 4) is 22.8 Å². The van der Waals surface area contributed by atoms with Gasteiger partial charge in [-0.05, 0) is 58.4 Å². The van der Waals surface area contributed by atoms with Crippen molar-refractivity contribution in [1.29, 1.82) is 0 Å². The zero-order valence-corrected chi connectivity index (χ0v) is 16.5. The molecule has 3 heteroatoms. The lowest BCUT2D eigenvalue weighted by Crippen LogP contribution is -2.11. The summed E-state index contributed by atoms with van der Waals surface area (Å²) in [5.41, 5.74) is 6.20. The Bertz CT molecular complexity index is 842. The predicted molar refractivity (Wildman–Crippen MR) is 108 cm³/mol. The third-order valence-corrected chi connectivity index (χ3v) is 4.53. The molecule has 3 nitrogen and oxygen atoms in total. The first-order valence-corrected chi connectivity index (χ1v) is 9.05. The van der Waals surface area contributed by atoms with E-state index in [4.69, 9.17) is 4.98 Å². The Morgan fingerprint density at radius 1 is 0.577 bits per heavy atom. The van der Waals surface area contributed by atoms with E-state index >= 15 is 0 Å². The first kappa shape index (κ1) is 18.2. The van der Waals surface area contributed by atoms with Gasteiger partial charge in [0.05, 0.1) is 22.8 Å². The second-order valence-electron chi connectivity index (χ2n) is 8.77. The number of aromatic nitrogens is 3. The SMILES string of the molecule is CC(C)(C)c1ccnc(-c2cccc(-c3cc(C(C)(C)C)ccn3)n2)c1. The van der Waals surface area contributed by atoms with Crippen molar-refractivity contribution in [2.75, 3.05) is 0 Å². The molecule has 0 saturated heterocycles. The Balaban J connectivity index is 2.03. The molecule has 3 heterocycles. The van der Waals surface area contributed by atoms with Crippen LogP contribution in [-0.2, 0) is 10.8 Å². The fourth-order valence-electron chi connectivity index (χ4n) is 2.79. The maximum absolute atomic E-state index is 4.83. The standard InChI is InChI=1S/C23H27N3/c1-22(2,3)16-10-12-24-20(14-16)18-8-7-9-19(26-18)21-15-17(11-13-25-21)23(4,5)6/h7-15H,1-6H3. The lowest BCUT2D eigenvalue weighted by atomic mass is 9.87. The van der Waals surface area contributed by atoms with Crippen LogP contribution in [0.1, 0.15) is 52.7 Å². The summed E-state index contributed by atoms with van der Waals surface area (Å²) in [5.74, 6) is 0. The van der Waals surface area contributed by atoms with Crippen LogP contribution in [0.5, 0.6) is 0 Å². The molecule has 3 aromatic heterocycles. The van der Waals surface area contributed by atoms with Crippen LogP contribution >= 0.6 is 0 Å². The Hall–Kier alpha value is -2.55. The van der Waals surface area contributed by atoms with Gasteiger partial charge >= 0.3 is 0 Å². The highest BCUT2D eigenvalue weighted by molar-refractivity contribution is 5.62. The topological polar surface area (TPSA) is 38.7 Å². The van der Waals surface area contributed by atoms with E-state index in [1.54, 1.807) is 0 Å². The highest BCUT2D eigenvalue weighted by atomic mass is 14.8. The molecule has 0 saturated carbocycles. The Labute approximate surface area is 156 Å². The van der Waals surface area contributed by atoms with Crippen LogP contribution in [0.2, 0.25) is 0 Å². The minimum Gasteiger partial charge on any atom is -0.255 e. The van der Waals surface area contributed by atoms with Gasteiger partial charge in [-0.1, -0.05) is 47.6 Å². The number of nitrogens with zero attached hydrogens (tertiary/aromatic N) is 3. The predicted octanol–water partition coefficient (Wildman–Crippen LogP) is 5.80. The average molecular weight is 345 g/mol. The highest BCUT2D eigenvalue weighted by Crippen LogP contribution is 2.28. The van der Waals surface area contributed by atoms with Crippen molar-refractivity contribution in [3.05, 3.63) is 66.0 Å². The van der Waals surface area contributed by atoms with Crippen LogP contribution in [-0.4, -0.2) is 15.0 Å². The quantitative estimate of drug-likeness (QED) is 0.589. The van der Waals surface area contributed by atoms with Gasteiger partial charge in [-0.15, -0.1) is 0 Å². The fraction of sp³-hybridized carbons (Fsp3) is 0.348.